The maximum atomic E-state index is 11.4. The third-order valence-electron chi connectivity index (χ3n) is 6.13. The molecule has 1 unspecified atom stereocenters. The topological polar surface area (TPSA) is 93.7 Å². The zero-order valence-corrected chi connectivity index (χ0v) is 21.4. The smallest absolute Gasteiger partial charge is 0.312 e. The molecule has 7 nitrogen and oxygen atoms in total. The minimum atomic E-state index is -0.851. The van der Waals surface area contributed by atoms with Crippen molar-refractivity contribution in [2.75, 3.05) is 20.3 Å². The van der Waals surface area contributed by atoms with Crippen LogP contribution in [0, 0.1) is 20.8 Å². The Morgan fingerprint density at radius 1 is 1.09 bits per heavy atom. The molecule has 0 amide bonds. The van der Waals surface area contributed by atoms with E-state index in [-0.39, 0.29) is 0 Å². The molecule has 0 radical (unpaired) electrons. The number of methoxy groups -OCH3 is 1. The summed E-state index contributed by atoms with van der Waals surface area (Å²) in [5.41, 5.74) is 4.61. The van der Waals surface area contributed by atoms with Crippen LogP contribution >= 0.6 is 11.3 Å². The summed E-state index contributed by atoms with van der Waals surface area (Å²) in [5.74, 6) is 0.657. The maximum absolute atomic E-state index is 11.4. The molecule has 0 spiro atoms. The Kier molecular flexibility index (Phi) is 7.31. The van der Waals surface area contributed by atoms with Gasteiger partial charge < -0.3 is 24.3 Å². The summed E-state index contributed by atoms with van der Waals surface area (Å²) < 4.78 is 17.4. The van der Waals surface area contributed by atoms with Crippen LogP contribution in [0.4, 0.5) is 0 Å². The number of aromatic amines is 1. The third-order valence-corrected chi connectivity index (χ3v) is 7.25. The van der Waals surface area contributed by atoms with Gasteiger partial charge in [0.05, 0.1) is 31.9 Å². The van der Waals surface area contributed by atoms with Gasteiger partial charge in [-0.2, -0.15) is 0 Å². The van der Waals surface area contributed by atoms with Gasteiger partial charge >= 0.3 is 5.97 Å². The molecule has 2 heterocycles. The number of carbonyl (C=O) groups is 1. The molecule has 0 aliphatic carbocycles. The summed E-state index contributed by atoms with van der Waals surface area (Å²) in [5, 5.41) is 11.3. The zero-order chi connectivity index (χ0) is 25.1. The molecule has 4 rings (SSSR count). The van der Waals surface area contributed by atoms with Crippen LogP contribution in [0.2, 0.25) is 0 Å². The van der Waals surface area contributed by atoms with E-state index in [1.165, 1.54) is 4.88 Å². The number of nitrogens with zero attached hydrogens (tertiary/aromatic N) is 1. The molecule has 2 N–H and O–H groups in total. The van der Waals surface area contributed by atoms with E-state index in [1.54, 1.807) is 25.4 Å². The van der Waals surface area contributed by atoms with Crippen LogP contribution in [0.1, 0.15) is 41.1 Å². The van der Waals surface area contributed by atoms with Gasteiger partial charge in [-0.05, 0) is 69.7 Å². The molecular weight excluding hydrogens is 464 g/mol. The molecule has 0 aliphatic heterocycles. The number of hydrogen-bond donors (Lipinski definition) is 2. The van der Waals surface area contributed by atoms with Crippen LogP contribution in [0.3, 0.4) is 0 Å². The number of ether oxygens (including phenoxy) is 3. The van der Waals surface area contributed by atoms with Gasteiger partial charge in [-0.25, -0.2) is 4.98 Å². The van der Waals surface area contributed by atoms with Crippen LogP contribution in [0.5, 0.6) is 17.2 Å². The number of fused-ring (bicyclic) bond motifs is 1. The lowest BCUT2D eigenvalue weighted by Crippen LogP contribution is -2.08. The van der Waals surface area contributed by atoms with Gasteiger partial charge in [0.1, 0.15) is 10.8 Å². The predicted octanol–water partition coefficient (Wildman–Crippen LogP) is 6.26. The van der Waals surface area contributed by atoms with E-state index in [2.05, 4.69) is 16.9 Å². The molecule has 0 bridgehead atoms. The molecule has 184 valence electrons. The summed E-state index contributed by atoms with van der Waals surface area (Å²) in [6.45, 7) is 8.67. The van der Waals surface area contributed by atoms with Crippen LogP contribution in [-0.2, 0) is 4.79 Å². The zero-order valence-electron chi connectivity index (χ0n) is 20.6. The van der Waals surface area contributed by atoms with Gasteiger partial charge in [-0.15, -0.1) is 11.3 Å². The van der Waals surface area contributed by atoms with E-state index in [9.17, 15) is 9.90 Å². The van der Waals surface area contributed by atoms with Crippen LogP contribution in [-0.4, -0.2) is 41.4 Å². The highest BCUT2D eigenvalue weighted by atomic mass is 32.1. The van der Waals surface area contributed by atoms with Gasteiger partial charge in [0.15, 0.2) is 11.5 Å². The summed E-state index contributed by atoms with van der Waals surface area (Å²) in [7, 11) is 1.63. The van der Waals surface area contributed by atoms with Gasteiger partial charge in [-0.1, -0.05) is 0 Å². The lowest BCUT2D eigenvalue weighted by Gasteiger charge is -2.12. The second-order valence-corrected chi connectivity index (χ2v) is 9.71. The molecule has 1 atom stereocenters. The first-order valence-corrected chi connectivity index (χ1v) is 12.3. The fourth-order valence-electron chi connectivity index (χ4n) is 3.92. The number of aromatic nitrogens is 2. The van der Waals surface area contributed by atoms with Gasteiger partial charge in [0.25, 0.3) is 0 Å². The van der Waals surface area contributed by atoms with Crippen molar-refractivity contribution >= 4 is 28.2 Å². The number of carboxylic acid groups (broad SMARTS) is 1. The molecule has 4 aromatic rings. The minimum Gasteiger partial charge on any atom is -0.493 e. The number of aliphatic carboxylic acids is 1. The monoisotopic (exact) mass is 494 g/mol. The summed E-state index contributed by atoms with van der Waals surface area (Å²) in [4.78, 5) is 20.4. The van der Waals surface area contributed by atoms with Crippen molar-refractivity contribution in [1.82, 2.24) is 9.97 Å². The van der Waals surface area contributed by atoms with Gasteiger partial charge in [0.2, 0.25) is 0 Å². The molecule has 0 aliphatic rings. The number of H-pyrrole nitrogens is 1. The number of hydrogen-bond acceptors (Lipinski definition) is 6. The molecular formula is C27H30N2O5S. The average Bonchev–Trinajstić information content (AvgIpc) is 3.36. The number of carboxylic acids is 1. The average molecular weight is 495 g/mol. The predicted molar refractivity (Wildman–Crippen MR) is 138 cm³/mol. The second kappa shape index (κ2) is 10.4. The van der Waals surface area contributed by atoms with Crippen LogP contribution in [0.25, 0.3) is 21.5 Å². The van der Waals surface area contributed by atoms with Crippen molar-refractivity contribution < 1.29 is 24.1 Å². The Bertz CT molecular complexity index is 1340. The van der Waals surface area contributed by atoms with Gasteiger partial charge in [0, 0.05) is 33.5 Å². The highest BCUT2D eigenvalue weighted by Gasteiger charge is 2.20. The van der Waals surface area contributed by atoms with Crippen molar-refractivity contribution in [1.29, 1.82) is 0 Å². The Morgan fingerprint density at radius 3 is 2.54 bits per heavy atom. The Hall–Kier alpha value is -3.52. The van der Waals surface area contributed by atoms with Crippen molar-refractivity contribution in [2.45, 2.75) is 40.0 Å². The van der Waals surface area contributed by atoms with E-state index in [0.29, 0.717) is 31.1 Å². The first kappa shape index (κ1) is 24.6. The van der Waals surface area contributed by atoms with E-state index in [0.717, 1.165) is 44.2 Å². The molecule has 2 aromatic carbocycles. The lowest BCUT2D eigenvalue weighted by atomic mass is 10.0. The quantitative estimate of drug-likeness (QED) is 0.253. The fourth-order valence-corrected chi connectivity index (χ4v) is 4.83. The van der Waals surface area contributed by atoms with E-state index >= 15 is 0 Å². The first-order valence-electron chi connectivity index (χ1n) is 11.5. The van der Waals surface area contributed by atoms with Crippen LogP contribution < -0.4 is 14.2 Å². The minimum absolute atomic E-state index is 0.483. The normalized spacial score (nSPS) is 12.0. The number of thiazole rings is 1. The van der Waals surface area contributed by atoms with Crippen molar-refractivity contribution in [3.05, 3.63) is 58.2 Å². The highest BCUT2D eigenvalue weighted by Crippen LogP contribution is 2.35. The maximum Gasteiger partial charge on any atom is 0.312 e. The van der Waals surface area contributed by atoms with E-state index in [4.69, 9.17) is 14.2 Å². The molecule has 8 heteroatoms. The lowest BCUT2D eigenvalue weighted by molar-refractivity contribution is -0.138. The first-order chi connectivity index (χ1) is 16.8. The van der Waals surface area contributed by atoms with Crippen LogP contribution in [0.15, 0.2) is 36.4 Å². The number of nitrogens with one attached hydrogen (secondary N) is 1. The Morgan fingerprint density at radius 2 is 1.86 bits per heavy atom. The SMILES string of the molecule is COc1cc(-c2nc(C)c(C)s2)ccc1OCCCOc1ccc2[nH]c(C(C)C(=O)O)c(C)c2c1. The molecule has 0 fully saturated rings. The van der Waals surface area contributed by atoms with E-state index < -0.39 is 11.9 Å². The largest absolute Gasteiger partial charge is 0.493 e. The number of aryl methyl sites for hydroxylation is 3. The molecule has 2 aromatic heterocycles. The summed E-state index contributed by atoms with van der Waals surface area (Å²) >= 11 is 1.67. The number of benzene rings is 2. The molecule has 35 heavy (non-hydrogen) atoms. The molecule has 0 saturated carbocycles. The summed E-state index contributed by atoms with van der Waals surface area (Å²) in [6.07, 6.45) is 0.696. The highest BCUT2D eigenvalue weighted by molar-refractivity contribution is 7.15. The Labute approximate surface area is 208 Å². The Balaban J connectivity index is 1.33. The van der Waals surface area contributed by atoms with Crippen molar-refractivity contribution in [3.8, 4) is 27.8 Å². The summed E-state index contributed by atoms with van der Waals surface area (Å²) in [6, 6.07) is 11.6. The fraction of sp³-hybridized carbons (Fsp3) is 0.333. The molecule has 0 saturated heterocycles. The second-order valence-electron chi connectivity index (χ2n) is 8.51. The number of rotatable bonds is 10. The van der Waals surface area contributed by atoms with E-state index in [1.807, 2.05) is 50.2 Å². The van der Waals surface area contributed by atoms with Crippen molar-refractivity contribution in [3.63, 3.8) is 0 Å². The van der Waals surface area contributed by atoms with Crippen molar-refractivity contribution in [2.24, 2.45) is 0 Å². The third kappa shape index (κ3) is 5.27. The standard InChI is InChI=1S/C27H30N2O5S/c1-15-21-14-20(8-9-22(21)29-25(15)16(2)27(30)31)33-11-6-12-34-23-10-7-19(13-24(23)32-5)26-28-17(3)18(4)35-26/h7-10,13-14,16,29H,6,11-12H2,1-5H3,(H,30,31). The van der Waals surface area contributed by atoms with Gasteiger partial charge in [-0.3, -0.25) is 4.79 Å².